The molecule has 5 nitrogen and oxygen atoms in total. The second-order valence-corrected chi connectivity index (χ2v) is 7.66. The van der Waals surface area contributed by atoms with Crippen molar-refractivity contribution in [2.45, 2.75) is 96.8 Å². The Morgan fingerprint density at radius 2 is 1.48 bits per heavy atom. The van der Waals surface area contributed by atoms with Crippen LogP contribution < -0.4 is 5.73 Å². The Kier molecular flexibility index (Phi) is 14.5. The topological polar surface area (TPSA) is 68.7 Å². The summed E-state index contributed by atoms with van der Waals surface area (Å²) >= 11 is 0. The number of nitrogens with two attached hydrogens (primary N) is 1. The molecule has 0 radical (unpaired) electrons. The van der Waals surface area contributed by atoms with Crippen molar-refractivity contribution in [2.24, 2.45) is 10.7 Å². The fourth-order valence-corrected chi connectivity index (χ4v) is 3.38. The number of hydrogen-bond donors (Lipinski definition) is 1. The first-order valence-electron chi connectivity index (χ1n) is 11.1. The monoisotopic (exact) mass is 375 g/mol. The first kappa shape index (κ1) is 23.5. The van der Waals surface area contributed by atoms with Crippen LogP contribution in [0.1, 0.15) is 96.8 Å². The lowest BCUT2D eigenvalue weighted by Crippen LogP contribution is -2.47. The van der Waals surface area contributed by atoms with Crippen molar-refractivity contribution in [2.75, 3.05) is 19.9 Å². The summed E-state index contributed by atoms with van der Waals surface area (Å²) in [5, 5.41) is 8.98. The number of nitrogens with zero attached hydrogens (tertiary/aromatic N) is 4. The van der Waals surface area contributed by atoms with Gasteiger partial charge >= 0.3 is 0 Å². The quantitative estimate of drug-likeness (QED) is 0.224. The first-order valence-corrected chi connectivity index (χ1v) is 11.1. The summed E-state index contributed by atoms with van der Waals surface area (Å²) < 4.78 is 0. The van der Waals surface area contributed by atoms with E-state index in [2.05, 4.69) is 35.2 Å². The molecule has 0 saturated heterocycles. The van der Waals surface area contributed by atoms with Gasteiger partial charge in [0.25, 0.3) is 0 Å². The maximum absolute atomic E-state index is 8.98. The Hall–Kier alpha value is -1.54. The van der Waals surface area contributed by atoms with Crippen LogP contribution in [0, 0.1) is 11.5 Å². The lowest BCUT2D eigenvalue weighted by molar-refractivity contribution is 0.202. The number of hydrogen-bond acceptors (Lipinski definition) is 5. The molecule has 1 aliphatic rings. The van der Waals surface area contributed by atoms with Crippen molar-refractivity contribution in [1.29, 1.82) is 5.26 Å². The third-order valence-electron chi connectivity index (χ3n) is 5.16. The van der Waals surface area contributed by atoms with E-state index >= 15 is 0 Å². The molecule has 0 bridgehead atoms. The number of nitriles is 1. The highest BCUT2D eigenvalue weighted by Crippen LogP contribution is 2.11. The minimum Gasteiger partial charge on any atom is -0.369 e. The van der Waals surface area contributed by atoms with Crippen LogP contribution in [0.25, 0.3) is 0 Å². The van der Waals surface area contributed by atoms with Gasteiger partial charge in [-0.1, -0.05) is 76.9 Å². The summed E-state index contributed by atoms with van der Waals surface area (Å²) in [6.45, 7) is 4.47. The van der Waals surface area contributed by atoms with Crippen molar-refractivity contribution in [3.8, 4) is 6.19 Å². The Morgan fingerprint density at radius 1 is 0.926 bits per heavy atom. The molecule has 5 heteroatoms. The maximum Gasteiger partial charge on any atom is 0.207 e. The van der Waals surface area contributed by atoms with E-state index in [-0.39, 0.29) is 0 Å². The van der Waals surface area contributed by atoms with E-state index in [0.717, 1.165) is 6.54 Å². The third-order valence-corrected chi connectivity index (χ3v) is 5.16. The SMILES string of the molecule is CCCCCCCCC=CCCCCCCCCN1CN=C(N)N(C#N)C1. The predicted octanol–water partition coefficient (Wildman–Crippen LogP) is 5.35. The molecule has 0 aromatic rings. The molecule has 0 aliphatic carbocycles. The molecule has 0 amide bonds. The second kappa shape index (κ2) is 16.6. The molecule has 0 atom stereocenters. The van der Waals surface area contributed by atoms with Crippen LogP contribution in [0.5, 0.6) is 0 Å². The van der Waals surface area contributed by atoms with Crippen molar-refractivity contribution < 1.29 is 0 Å². The molecule has 154 valence electrons. The highest BCUT2D eigenvalue weighted by molar-refractivity contribution is 5.79. The van der Waals surface area contributed by atoms with Gasteiger partial charge in [0.1, 0.15) is 0 Å². The van der Waals surface area contributed by atoms with Crippen molar-refractivity contribution in [1.82, 2.24) is 9.80 Å². The van der Waals surface area contributed by atoms with Crippen LogP contribution in [0.3, 0.4) is 0 Å². The van der Waals surface area contributed by atoms with Gasteiger partial charge in [-0.05, 0) is 32.1 Å². The fraction of sp³-hybridized carbons (Fsp3) is 0.818. The molecule has 27 heavy (non-hydrogen) atoms. The Labute approximate surface area is 167 Å². The molecule has 0 fully saturated rings. The molecule has 0 spiro atoms. The predicted molar refractivity (Wildman–Crippen MR) is 115 cm³/mol. The molecule has 2 N–H and O–H groups in total. The van der Waals surface area contributed by atoms with E-state index in [0.29, 0.717) is 19.3 Å². The van der Waals surface area contributed by atoms with Crippen LogP contribution >= 0.6 is 0 Å². The molecule has 0 saturated carbocycles. The first-order chi connectivity index (χ1) is 13.3. The van der Waals surface area contributed by atoms with Crippen LogP contribution in [0.4, 0.5) is 0 Å². The van der Waals surface area contributed by atoms with Crippen molar-refractivity contribution in [3.63, 3.8) is 0 Å². The summed E-state index contributed by atoms with van der Waals surface area (Å²) in [7, 11) is 0. The molecule has 0 aromatic heterocycles. The lowest BCUT2D eigenvalue weighted by atomic mass is 10.1. The smallest absolute Gasteiger partial charge is 0.207 e. The van der Waals surface area contributed by atoms with E-state index in [1.165, 1.54) is 94.8 Å². The largest absolute Gasteiger partial charge is 0.369 e. The average molecular weight is 376 g/mol. The summed E-state index contributed by atoms with van der Waals surface area (Å²) in [6, 6.07) is 0. The minimum absolute atomic E-state index is 0.342. The Balaban J connectivity index is 1.83. The summed E-state index contributed by atoms with van der Waals surface area (Å²) in [4.78, 5) is 7.80. The van der Waals surface area contributed by atoms with Crippen LogP contribution in [-0.2, 0) is 0 Å². The van der Waals surface area contributed by atoms with E-state index < -0.39 is 0 Å². The summed E-state index contributed by atoms with van der Waals surface area (Å²) in [5.41, 5.74) is 5.66. The lowest BCUT2D eigenvalue weighted by Gasteiger charge is -2.29. The fourth-order valence-electron chi connectivity index (χ4n) is 3.38. The van der Waals surface area contributed by atoms with Gasteiger partial charge in [0.2, 0.25) is 5.96 Å². The van der Waals surface area contributed by atoms with E-state index in [4.69, 9.17) is 11.0 Å². The van der Waals surface area contributed by atoms with Crippen LogP contribution in [0.2, 0.25) is 0 Å². The number of rotatable bonds is 16. The zero-order valence-corrected chi connectivity index (χ0v) is 17.5. The van der Waals surface area contributed by atoms with E-state index in [9.17, 15) is 0 Å². The van der Waals surface area contributed by atoms with Gasteiger partial charge < -0.3 is 5.73 Å². The standard InChI is InChI=1S/C22H41N5/c1-2-3-4-5-6-7-8-9-10-11-12-13-14-15-16-17-18-26-20-25-22(24)27(19-23)21-26/h9-10H,2-8,11-18,20-21H2,1H3,(H2,24,25). The number of aliphatic imine (C=N–C) groups is 1. The molecule has 1 aliphatic heterocycles. The zero-order valence-electron chi connectivity index (χ0n) is 17.5. The maximum atomic E-state index is 8.98. The molecule has 0 unspecified atom stereocenters. The molecule has 0 aromatic carbocycles. The van der Waals surface area contributed by atoms with Crippen LogP contribution in [0.15, 0.2) is 17.1 Å². The second-order valence-electron chi connectivity index (χ2n) is 7.66. The molecular formula is C22H41N5. The van der Waals surface area contributed by atoms with Crippen molar-refractivity contribution in [3.05, 3.63) is 12.2 Å². The van der Waals surface area contributed by atoms with E-state index in [1.54, 1.807) is 0 Å². The van der Waals surface area contributed by atoms with Gasteiger partial charge in [-0.25, -0.2) is 9.89 Å². The van der Waals surface area contributed by atoms with Crippen molar-refractivity contribution >= 4 is 5.96 Å². The van der Waals surface area contributed by atoms with Gasteiger partial charge in [0, 0.05) is 6.54 Å². The number of unbranched alkanes of at least 4 members (excludes halogenated alkanes) is 12. The Morgan fingerprint density at radius 3 is 2.07 bits per heavy atom. The van der Waals surface area contributed by atoms with Crippen LogP contribution in [-0.4, -0.2) is 35.6 Å². The summed E-state index contributed by atoms with van der Waals surface area (Å²) in [6.07, 6.45) is 25.4. The van der Waals surface area contributed by atoms with Gasteiger partial charge in [0.15, 0.2) is 6.19 Å². The zero-order chi connectivity index (χ0) is 19.6. The number of guanidine groups is 1. The summed E-state index contributed by atoms with van der Waals surface area (Å²) in [5.74, 6) is 0.342. The third kappa shape index (κ3) is 12.5. The number of allylic oxidation sites excluding steroid dienone is 2. The normalized spacial score (nSPS) is 15.3. The highest BCUT2D eigenvalue weighted by atomic mass is 15.4. The molecule has 1 rings (SSSR count). The average Bonchev–Trinajstić information content (AvgIpc) is 2.68. The molecule has 1 heterocycles. The highest BCUT2D eigenvalue weighted by Gasteiger charge is 2.17. The van der Waals surface area contributed by atoms with Gasteiger partial charge in [-0.3, -0.25) is 4.90 Å². The minimum atomic E-state index is 0.342. The molecular weight excluding hydrogens is 334 g/mol. The van der Waals surface area contributed by atoms with Gasteiger partial charge in [0.05, 0.1) is 13.3 Å². The van der Waals surface area contributed by atoms with E-state index in [1.807, 2.05) is 0 Å². The Bertz CT molecular complexity index is 452. The van der Waals surface area contributed by atoms with Gasteiger partial charge in [-0.2, -0.15) is 5.26 Å². The van der Waals surface area contributed by atoms with Gasteiger partial charge in [-0.15, -0.1) is 0 Å².